The molecule has 0 unspecified atom stereocenters. The standard InChI is InChI=1S/C25H18ClN5O5/c1-15-24-21(22-3-2-10-35-22)8-9-27-25(24)30(29-15)14-23(32)28-17-11-18(31(33)34)13-20(12-17)36-19-6-4-16(26)5-7-19/h2-13H,14H2,1H3,(H,28,32). The lowest BCUT2D eigenvalue weighted by molar-refractivity contribution is -0.384. The molecule has 5 rings (SSSR count). The molecule has 180 valence electrons. The number of nitro groups is 1. The summed E-state index contributed by atoms with van der Waals surface area (Å²) in [5, 5.41) is 19.9. The molecule has 11 heteroatoms. The van der Waals surface area contributed by atoms with E-state index in [2.05, 4.69) is 15.4 Å². The second-order valence-corrected chi connectivity index (χ2v) is 8.29. The van der Waals surface area contributed by atoms with Crippen LogP contribution >= 0.6 is 11.6 Å². The lowest BCUT2D eigenvalue weighted by Crippen LogP contribution is -2.20. The number of aromatic nitrogens is 3. The van der Waals surface area contributed by atoms with Gasteiger partial charge in [0.25, 0.3) is 5.69 Å². The second-order valence-electron chi connectivity index (χ2n) is 7.85. The van der Waals surface area contributed by atoms with Gasteiger partial charge in [-0.1, -0.05) is 11.6 Å². The van der Waals surface area contributed by atoms with Crippen molar-refractivity contribution >= 4 is 39.9 Å². The molecule has 0 fully saturated rings. The van der Waals surface area contributed by atoms with Gasteiger partial charge in [0.1, 0.15) is 23.8 Å². The van der Waals surface area contributed by atoms with Gasteiger partial charge in [0.05, 0.1) is 34.0 Å². The number of non-ortho nitro benzene ring substituents is 1. The first kappa shape index (κ1) is 23.1. The summed E-state index contributed by atoms with van der Waals surface area (Å²) in [6, 6.07) is 16.0. The lowest BCUT2D eigenvalue weighted by atomic mass is 10.1. The molecule has 1 amide bonds. The fourth-order valence-electron chi connectivity index (χ4n) is 3.82. The number of amides is 1. The van der Waals surface area contributed by atoms with E-state index in [1.54, 1.807) is 42.8 Å². The van der Waals surface area contributed by atoms with E-state index < -0.39 is 10.8 Å². The Morgan fingerprint density at radius 1 is 1.17 bits per heavy atom. The number of carbonyl (C=O) groups excluding carboxylic acids is 1. The molecule has 0 spiro atoms. The molecule has 1 N–H and O–H groups in total. The van der Waals surface area contributed by atoms with Crippen LogP contribution in [0.4, 0.5) is 11.4 Å². The first-order valence-electron chi connectivity index (χ1n) is 10.8. The number of fused-ring (bicyclic) bond motifs is 1. The predicted octanol–water partition coefficient (Wildman–Crippen LogP) is 5.99. The van der Waals surface area contributed by atoms with Crippen molar-refractivity contribution in [1.29, 1.82) is 0 Å². The Labute approximate surface area is 209 Å². The van der Waals surface area contributed by atoms with E-state index in [9.17, 15) is 14.9 Å². The summed E-state index contributed by atoms with van der Waals surface area (Å²) in [6.07, 6.45) is 3.20. The molecule has 0 atom stereocenters. The molecule has 0 aliphatic carbocycles. The molecule has 3 heterocycles. The molecule has 0 saturated heterocycles. The lowest BCUT2D eigenvalue weighted by Gasteiger charge is -2.10. The van der Waals surface area contributed by atoms with Gasteiger partial charge in [-0.25, -0.2) is 9.67 Å². The van der Waals surface area contributed by atoms with Crippen molar-refractivity contribution < 1.29 is 18.9 Å². The summed E-state index contributed by atoms with van der Waals surface area (Å²) in [6.45, 7) is 1.67. The Morgan fingerprint density at radius 2 is 1.97 bits per heavy atom. The van der Waals surface area contributed by atoms with Crippen LogP contribution in [0.15, 0.2) is 77.5 Å². The fourth-order valence-corrected chi connectivity index (χ4v) is 3.95. The average Bonchev–Trinajstić information content (AvgIpc) is 3.49. The van der Waals surface area contributed by atoms with Crippen LogP contribution in [0.2, 0.25) is 5.02 Å². The molecular weight excluding hydrogens is 486 g/mol. The van der Waals surface area contributed by atoms with Crippen molar-refractivity contribution in [1.82, 2.24) is 14.8 Å². The molecule has 3 aromatic heterocycles. The van der Waals surface area contributed by atoms with Gasteiger partial charge in [0, 0.05) is 28.9 Å². The number of nitrogens with one attached hydrogen (secondary N) is 1. The number of anilines is 1. The van der Waals surface area contributed by atoms with E-state index in [1.165, 1.54) is 22.9 Å². The molecule has 0 aliphatic rings. The van der Waals surface area contributed by atoms with Crippen molar-refractivity contribution in [2.75, 3.05) is 5.32 Å². The number of hydrogen-bond acceptors (Lipinski definition) is 7. The minimum atomic E-state index is -0.561. The summed E-state index contributed by atoms with van der Waals surface area (Å²) in [5.41, 5.74) is 1.99. The van der Waals surface area contributed by atoms with Crippen LogP contribution < -0.4 is 10.1 Å². The minimum Gasteiger partial charge on any atom is -0.464 e. The number of ether oxygens (including phenoxy) is 1. The highest BCUT2D eigenvalue weighted by Gasteiger charge is 2.18. The third-order valence-electron chi connectivity index (χ3n) is 5.32. The smallest absolute Gasteiger partial charge is 0.275 e. The SMILES string of the molecule is Cc1nn(CC(=O)Nc2cc(Oc3ccc(Cl)cc3)cc([N+](=O)[O-])c2)c2nccc(-c3ccco3)c12. The number of pyridine rings is 1. The molecule has 0 radical (unpaired) electrons. The highest BCUT2D eigenvalue weighted by Crippen LogP contribution is 2.32. The molecule has 5 aromatic rings. The Hall–Kier alpha value is -4.70. The number of halogens is 1. The number of aryl methyl sites for hydroxylation is 1. The van der Waals surface area contributed by atoms with E-state index in [0.29, 0.717) is 27.9 Å². The minimum absolute atomic E-state index is 0.158. The summed E-state index contributed by atoms with van der Waals surface area (Å²) in [7, 11) is 0. The number of carbonyl (C=O) groups is 1. The number of nitro benzene ring substituents is 1. The van der Waals surface area contributed by atoms with Gasteiger partial charge in [0.15, 0.2) is 5.65 Å². The van der Waals surface area contributed by atoms with Crippen LogP contribution in [0.5, 0.6) is 11.5 Å². The Balaban J connectivity index is 1.40. The highest BCUT2D eigenvalue weighted by molar-refractivity contribution is 6.30. The molecule has 0 saturated carbocycles. The van der Waals surface area contributed by atoms with Crippen LogP contribution in [0, 0.1) is 17.0 Å². The zero-order valence-electron chi connectivity index (χ0n) is 18.8. The topological polar surface area (TPSA) is 125 Å². The van der Waals surface area contributed by atoms with Crippen LogP contribution in [0.25, 0.3) is 22.4 Å². The van der Waals surface area contributed by atoms with Gasteiger partial charge < -0.3 is 14.5 Å². The first-order chi connectivity index (χ1) is 17.4. The summed E-state index contributed by atoms with van der Waals surface area (Å²) >= 11 is 5.89. The Bertz CT molecular complexity index is 1580. The van der Waals surface area contributed by atoms with Crippen molar-refractivity contribution in [3.63, 3.8) is 0 Å². The quantitative estimate of drug-likeness (QED) is 0.213. The normalized spacial score (nSPS) is 10.9. The van der Waals surface area contributed by atoms with Gasteiger partial charge in [-0.2, -0.15) is 5.10 Å². The zero-order chi connectivity index (χ0) is 25.2. The van der Waals surface area contributed by atoms with E-state index in [4.69, 9.17) is 20.8 Å². The molecule has 0 bridgehead atoms. The predicted molar refractivity (Wildman–Crippen MR) is 133 cm³/mol. The van der Waals surface area contributed by atoms with Crippen LogP contribution in [0.1, 0.15) is 5.69 Å². The number of furan rings is 1. The first-order valence-corrected chi connectivity index (χ1v) is 11.1. The maximum atomic E-state index is 12.9. The summed E-state index contributed by atoms with van der Waals surface area (Å²) in [5.74, 6) is 0.850. The maximum Gasteiger partial charge on any atom is 0.275 e. The third-order valence-corrected chi connectivity index (χ3v) is 5.58. The van der Waals surface area contributed by atoms with Crippen LogP contribution in [-0.4, -0.2) is 25.6 Å². The molecular formula is C25H18ClN5O5. The number of benzene rings is 2. The molecule has 0 aliphatic heterocycles. The number of hydrogen-bond donors (Lipinski definition) is 1. The van der Waals surface area contributed by atoms with Gasteiger partial charge in [0.2, 0.25) is 5.91 Å². The van der Waals surface area contributed by atoms with Gasteiger partial charge in [-0.15, -0.1) is 0 Å². The van der Waals surface area contributed by atoms with E-state index >= 15 is 0 Å². The van der Waals surface area contributed by atoms with Gasteiger partial charge in [-0.05, 0) is 49.4 Å². The largest absolute Gasteiger partial charge is 0.464 e. The van der Waals surface area contributed by atoms with E-state index in [0.717, 1.165) is 10.9 Å². The van der Waals surface area contributed by atoms with Crippen molar-refractivity contribution in [3.05, 3.63) is 94.0 Å². The molecule has 2 aromatic carbocycles. The summed E-state index contributed by atoms with van der Waals surface area (Å²) < 4.78 is 12.7. The Morgan fingerprint density at radius 3 is 2.69 bits per heavy atom. The maximum absolute atomic E-state index is 12.9. The van der Waals surface area contributed by atoms with Crippen LogP contribution in [0.3, 0.4) is 0 Å². The third kappa shape index (κ3) is 4.75. The number of nitrogens with zero attached hydrogens (tertiary/aromatic N) is 4. The van der Waals surface area contributed by atoms with E-state index in [-0.39, 0.29) is 23.7 Å². The number of rotatable bonds is 7. The van der Waals surface area contributed by atoms with Gasteiger partial charge in [-0.3, -0.25) is 14.9 Å². The molecule has 36 heavy (non-hydrogen) atoms. The fraction of sp³-hybridized carbons (Fsp3) is 0.0800. The highest BCUT2D eigenvalue weighted by atomic mass is 35.5. The zero-order valence-corrected chi connectivity index (χ0v) is 19.6. The van der Waals surface area contributed by atoms with Crippen molar-refractivity contribution in [2.45, 2.75) is 13.5 Å². The van der Waals surface area contributed by atoms with Crippen molar-refractivity contribution in [3.8, 4) is 22.8 Å². The second kappa shape index (κ2) is 9.51. The average molecular weight is 504 g/mol. The van der Waals surface area contributed by atoms with Gasteiger partial charge >= 0.3 is 0 Å². The summed E-state index contributed by atoms with van der Waals surface area (Å²) in [4.78, 5) is 28.2. The van der Waals surface area contributed by atoms with E-state index in [1.807, 2.05) is 19.1 Å². The Kier molecular flexibility index (Phi) is 6.09. The van der Waals surface area contributed by atoms with Crippen LogP contribution in [-0.2, 0) is 11.3 Å². The monoisotopic (exact) mass is 503 g/mol. The molecule has 10 nitrogen and oxygen atoms in total. The van der Waals surface area contributed by atoms with Crippen molar-refractivity contribution in [2.24, 2.45) is 0 Å².